The van der Waals surface area contributed by atoms with E-state index in [1.807, 2.05) is 30.3 Å². The molecule has 0 unspecified atom stereocenters. The summed E-state index contributed by atoms with van der Waals surface area (Å²) in [5.41, 5.74) is 1.29. The summed E-state index contributed by atoms with van der Waals surface area (Å²) in [5, 5.41) is 3.54. The van der Waals surface area contributed by atoms with Crippen LogP contribution in [-0.2, 0) is 25.6 Å². The molecule has 0 saturated carbocycles. The number of nitrogens with zero attached hydrogens (tertiary/aromatic N) is 1. The highest BCUT2D eigenvalue weighted by Crippen LogP contribution is 2.04. The van der Waals surface area contributed by atoms with Crippen molar-refractivity contribution in [3.05, 3.63) is 48.6 Å². The van der Waals surface area contributed by atoms with Crippen molar-refractivity contribution in [2.75, 3.05) is 6.61 Å². The van der Waals surface area contributed by atoms with Crippen LogP contribution in [0, 0.1) is 0 Å². The number of hydrogen-bond acceptors (Lipinski definition) is 5. The number of hydrogen-bond donors (Lipinski definition) is 0. The van der Waals surface area contributed by atoms with Gasteiger partial charge in [-0.3, -0.25) is 0 Å². The Labute approximate surface area is 130 Å². The van der Waals surface area contributed by atoms with E-state index in [4.69, 9.17) is 4.74 Å². The third-order valence-electron chi connectivity index (χ3n) is 2.79. The van der Waals surface area contributed by atoms with Gasteiger partial charge in [0.15, 0.2) is 5.71 Å². The van der Waals surface area contributed by atoms with Crippen LogP contribution in [-0.4, -0.2) is 24.3 Å². The number of allylic oxidation sites excluding steroid dienone is 1. The topological polar surface area (TPSA) is 65.0 Å². The van der Waals surface area contributed by atoms with Gasteiger partial charge >= 0.3 is 11.9 Å². The molecule has 0 bridgehead atoms. The molecule has 1 rings (SSSR count). The Morgan fingerprint density at radius 3 is 2.64 bits per heavy atom. The van der Waals surface area contributed by atoms with Crippen LogP contribution in [0.15, 0.2) is 48.1 Å². The summed E-state index contributed by atoms with van der Waals surface area (Å²) >= 11 is 0. The van der Waals surface area contributed by atoms with Crippen LogP contribution in [0.5, 0.6) is 0 Å². The van der Waals surface area contributed by atoms with E-state index in [1.54, 1.807) is 6.08 Å². The zero-order valence-corrected chi connectivity index (χ0v) is 12.8. The lowest BCUT2D eigenvalue weighted by Gasteiger charge is -2.06. The fourth-order valence-electron chi connectivity index (χ4n) is 1.71. The molecule has 1 aromatic carbocycles. The molecule has 0 spiro atoms. The third-order valence-corrected chi connectivity index (χ3v) is 2.79. The van der Waals surface area contributed by atoms with E-state index in [0.717, 1.165) is 12.8 Å². The molecule has 0 aromatic heterocycles. The second-order valence-corrected chi connectivity index (χ2v) is 4.67. The molecule has 0 N–H and O–H groups in total. The molecule has 5 nitrogen and oxygen atoms in total. The summed E-state index contributed by atoms with van der Waals surface area (Å²) in [6.07, 6.45) is 4.09. The van der Waals surface area contributed by atoms with E-state index in [9.17, 15) is 9.59 Å². The second-order valence-electron chi connectivity index (χ2n) is 4.67. The highest BCUT2D eigenvalue weighted by molar-refractivity contribution is 6.36. The lowest BCUT2D eigenvalue weighted by atomic mass is 10.1. The molecule has 0 aliphatic heterocycles. The van der Waals surface area contributed by atoms with E-state index >= 15 is 0 Å². The number of carbonyl (C=O) groups excluding carboxylic acids is 2. The van der Waals surface area contributed by atoms with E-state index < -0.39 is 11.9 Å². The fourth-order valence-corrected chi connectivity index (χ4v) is 1.71. The third kappa shape index (κ3) is 7.38. The summed E-state index contributed by atoms with van der Waals surface area (Å²) in [7, 11) is 0. The van der Waals surface area contributed by atoms with Gasteiger partial charge in [0.05, 0.1) is 6.61 Å². The molecule has 0 heterocycles. The van der Waals surface area contributed by atoms with E-state index in [2.05, 4.69) is 16.6 Å². The predicted molar refractivity (Wildman–Crippen MR) is 84.4 cm³/mol. The number of esters is 1. The first kappa shape index (κ1) is 17.6. The minimum atomic E-state index is -0.576. The van der Waals surface area contributed by atoms with Gasteiger partial charge in [-0.15, -0.1) is 6.58 Å². The molecule has 0 saturated heterocycles. The van der Waals surface area contributed by atoms with Gasteiger partial charge in [0, 0.05) is 13.3 Å². The summed E-state index contributed by atoms with van der Waals surface area (Å²) in [6.45, 7) is 5.10. The van der Waals surface area contributed by atoms with Crippen LogP contribution in [0.4, 0.5) is 0 Å². The number of rotatable bonds is 9. The van der Waals surface area contributed by atoms with Crippen LogP contribution in [0.1, 0.15) is 31.7 Å². The number of ether oxygens (including phenoxy) is 1. The minimum Gasteiger partial charge on any atom is -0.461 e. The van der Waals surface area contributed by atoms with Crippen molar-refractivity contribution in [2.24, 2.45) is 5.16 Å². The summed E-state index contributed by atoms with van der Waals surface area (Å²) in [6, 6.07) is 9.96. The Bertz CT molecular complexity index is 523. The SMILES string of the molecule is C=CCC/C(=N\OC(C)=O)C(=O)OCCCc1ccccc1. The maximum Gasteiger partial charge on any atom is 0.356 e. The largest absolute Gasteiger partial charge is 0.461 e. The predicted octanol–water partition coefficient (Wildman–Crippen LogP) is 3.05. The molecule has 0 aliphatic rings. The first-order chi connectivity index (χ1) is 10.6. The van der Waals surface area contributed by atoms with Crippen molar-refractivity contribution in [1.29, 1.82) is 0 Å². The normalized spacial score (nSPS) is 10.9. The molecule has 0 aliphatic carbocycles. The maximum absolute atomic E-state index is 11.9. The van der Waals surface area contributed by atoms with Gasteiger partial charge < -0.3 is 9.57 Å². The molecule has 0 atom stereocenters. The molecule has 5 heteroatoms. The van der Waals surface area contributed by atoms with E-state index in [-0.39, 0.29) is 5.71 Å². The Balaban J connectivity index is 2.40. The van der Waals surface area contributed by atoms with Crippen molar-refractivity contribution >= 4 is 17.7 Å². The summed E-state index contributed by atoms with van der Waals surface area (Å²) in [5.74, 6) is -1.14. The average Bonchev–Trinajstić information content (AvgIpc) is 2.52. The first-order valence-electron chi connectivity index (χ1n) is 7.20. The van der Waals surface area contributed by atoms with Gasteiger partial charge in [-0.2, -0.15) is 0 Å². The van der Waals surface area contributed by atoms with Crippen LogP contribution < -0.4 is 0 Å². The Kier molecular flexibility index (Phi) is 8.27. The van der Waals surface area contributed by atoms with E-state index in [0.29, 0.717) is 19.4 Å². The molecule has 22 heavy (non-hydrogen) atoms. The second kappa shape index (κ2) is 10.3. The lowest BCUT2D eigenvalue weighted by molar-refractivity contribution is -0.141. The first-order valence-corrected chi connectivity index (χ1v) is 7.20. The Morgan fingerprint density at radius 1 is 1.27 bits per heavy atom. The number of benzene rings is 1. The van der Waals surface area contributed by atoms with Gasteiger partial charge in [-0.25, -0.2) is 9.59 Å². The zero-order valence-electron chi connectivity index (χ0n) is 12.8. The van der Waals surface area contributed by atoms with Crippen molar-refractivity contribution in [3.63, 3.8) is 0 Å². The van der Waals surface area contributed by atoms with Gasteiger partial charge in [0.25, 0.3) is 0 Å². The smallest absolute Gasteiger partial charge is 0.356 e. The minimum absolute atomic E-state index is 0.0924. The van der Waals surface area contributed by atoms with Crippen LogP contribution in [0.2, 0.25) is 0 Å². The Hall–Kier alpha value is -2.43. The highest BCUT2D eigenvalue weighted by Gasteiger charge is 2.14. The molecule has 1 aromatic rings. The van der Waals surface area contributed by atoms with Crippen LogP contribution >= 0.6 is 0 Å². The monoisotopic (exact) mass is 303 g/mol. The number of aryl methyl sites for hydroxylation is 1. The van der Waals surface area contributed by atoms with Crippen molar-refractivity contribution in [1.82, 2.24) is 0 Å². The fraction of sp³-hybridized carbons (Fsp3) is 0.353. The molecular weight excluding hydrogens is 282 g/mol. The standard InChI is InChI=1S/C17H21NO4/c1-3-4-12-16(18-22-14(2)19)17(20)21-13-8-11-15-9-6-5-7-10-15/h3,5-7,9-10H,1,4,8,11-13H2,2H3/b18-16+. The number of carbonyl (C=O) groups is 2. The average molecular weight is 303 g/mol. The van der Waals surface area contributed by atoms with E-state index in [1.165, 1.54) is 12.5 Å². The van der Waals surface area contributed by atoms with Gasteiger partial charge in [0.2, 0.25) is 0 Å². The molecule has 118 valence electrons. The van der Waals surface area contributed by atoms with Gasteiger partial charge in [-0.1, -0.05) is 41.6 Å². The Morgan fingerprint density at radius 2 is 2.00 bits per heavy atom. The highest BCUT2D eigenvalue weighted by atomic mass is 16.7. The molecule has 0 radical (unpaired) electrons. The van der Waals surface area contributed by atoms with Crippen LogP contribution in [0.25, 0.3) is 0 Å². The van der Waals surface area contributed by atoms with Crippen molar-refractivity contribution in [3.8, 4) is 0 Å². The van der Waals surface area contributed by atoms with Crippen molar-refractivity contribution < 1.29 is 19.2 Å². The van der Waals surface area contributed by atoms with Gasteiger partial charge in [0.1, 0.15) is 0 Å². The zero-order chi connectivity index (χ0) is 16.2. The lowest BCUT2D eigenvalue weighted by Crippen LogP contribution is -2.19. The van der Waals surface area contributed by atoms with Crippen LogP contribution in [0.3, 0.4) is 0 Å². The summed E-state index contributed by atoms with van der Waals surface area (Å²) in [4.78, 5) is 27.2. The number of oxime groups is 1. The van der Waals surface area contributed by atoms with Gasteiger partial charge in [-0.05, 0) is 24.8 Å². The molecular formula is C17H21NO4. The quantitative estimate of drug-likeness (QED) is 0.176. The summed E-state index contributed by atoms with van der Waals surface area (Å²) < 4.78 is 5.16. The molecule has 0 amide bonds. The van der Waals surface area contributed by atoms with Crippen molar-refractivity contribution in [2.45, 2.75) is 32.6 Å². The molecule has 0 fully saturated rings. The maximum atomic E-state index is 11.9.